The number of amides is 1. The first-order chi connectivity index (χ1) is 13.3. The number of rotatable bonds is 5. The molecule has 0 aliphatic rings. The third-order valence-electron chi connectivity index (χ3n) is 4.63. The highest BCUT2D eigenvalue weighted by molar-refractivity contribution is 5.99. The van der Waals surface area contributed by atoms with Crippen molar-refractivity contribution in [2.75, 3.05) is 5.32 Å². The van der Waals surface area contributed by atoms with Crippen molar-refractivity contribution in [1.29, 1.82) is 0 Å². The first kappa shape index (κ1) is 19.5. The van der Waals surface area contributed by atoms with E-state index in [1.807, 2.05) is 39.8 Å². The summed E-state index contributed by atoms with van der Waals surface area (Å²) >= 11 is 0. The van der Waals surface area contributed by atoms with E-state index in [1.165, 1.54) is 0 Å². The summed E-state index contributed by atoms with van der Waals surface area (Å²) in [5, 5.41) is 10.9. The third kappa shape index (κ3) is 3.88. The number of nitrogens with one attached hydrogen (secondary N) is 1. The molecule has 0 spiro atoms. The van der Waals surface area contributed by atoms with E-state index in [9.17, 15) is 9.59 Å². The van der Waals surface area contributed by atoms with Crippen LogP contribution in [0.5, 0.6) is 0 Å². The van der Waals surface area contributed by atoms with Gasteiger partial charge in [0, 0.05) is 12.2 Å². The van der Waals surface area contributed by atoms with Gasteiger partial charge in [-0.3, -0.25) is 4.79 Å². The Bertz CT molecular complexity index is 1030. The summed E-state index contributed by atoms with van der Waals surface area (Å²) in [4.78, 5) is 25.0. The SMILES string of the molecule is CCn1nnc2cc(C(=O)OC(C)C(=O)Nc3c(C)cc(C)cc3C)ccc21. The van der Waals surface area contributed by atoms with Gasteiger partial charge >= 0.3 is 5.97 Å². The van der Waals surface area contributed by atoms with E-state index in [2.05, 4.69) is 15.6 Å². The van der Waals surface area contributed by atoms with Gasteiger partial charge in [-0.15, -0.1) is 5.10 Å². The monoisotopic (exact) mass is 380 g/mol. The number of carbonyl (C=O) groups is 2. The van der Waals surface area contributed by atoms with Crippen LogP contribution in [0.15, 0.2) is 30.3 Å². The number of nitrogens with zero attached hydrogens (tertiary/aromatic N) is 3. The molecule has 3 rings (SSSR count). The summed E-state index contributed by atoms with van der Waals surface area (Å²) in [6.45, 7) is 10.1. The van der Waals surface area contributed by atoms with E-state index in [0.29, 0.717) is 17.6 Å². The maximum absolute atomic E-state index is 12.5. The fourth-order valence-corrected chi connectivity index (χ4v) is 3.22. The Morgan fingerprint density at radius 2 is 1.82 bits per heavy atom. The lowest BCUT2D eigenvalue weighted by Crippen LogP contribution is -2.30. The van der Waals surface area contributed by atoms with Crippen LogP contribution in [-0.4, -0.2) is 33.0 Å². The van der Waals surface area contributed by atoms with Crippen LogP contribution < -0.4 is 5.32 Å². The Labute approximate surface area is 163 Å². The highest BCUT2D eigenvalue weighted by atomic mass is 16.5. The molecule has 2 aromatic carbocycles. The quantitative estimate of drug-likeness (QED) is 0.684. The van der Waals surface area contributed by atoms with Gasteiger partial charge in [0.15, 0.2) is 6.10 Å². The summed E-state index contributed by atoms with van der Waals surface area (Å²) in [6.07, 6.45) is -0.936. The van der Waals surface area contributed by atoms with Crippen LogP contribution in [0.1, 0.15) is 40.9 Å². The molecule has 28 heavy (non-hydrogen) atoms. The van der Waals surface area contributed by atoms with Gasteiger partial charge in [-0.25, -0.2) is 9.48 Å². The van der Waals surface area contributed by atoms with E-state index in [4.69, 9.17) is 4.74 Å². The van der Waals surface area contributed by atoms with E-state index < -0.39 is 12.1 Å². The molecular weight excluding hydrogens is 356 g/mol. The van der Waals surface area contributed by atoms with Crippen molar-refractivity contribution < 1.29 is 14.3 Å². The smallest absolute Gasteiger partial charge is 0.338 e. The standard InChI is InChI=1S/C21H24N4O3/c1-6-25-18-8-7-16(11-17(18)23-24-25)21(27)28-15(5)20(26)22-19-13(3)9-12(2)10-14(19)4/h7-11,15H,6H2,1-5H3,(H,22,26). The highest BCUT2D eigenvalue weighted by Crippen LogP contribution is 2.22. The van der Waals surface area contributed by atoms with Crippen LogP contribution in [0.3, 0.4) is 0 Å². The second-order valence-corrected chi connectivity index (χ2v) is 6.92. The van der Waals surface area contributed by atoms with Crippen molar-refractivity contribution in [3.05, 3.63) is 52.6 Å². The molecule has 1 aromatic heterocycles. The van der Waals surface area contributed by atoms with Crippen LogP contribution in [0, 0.1) is 20.8 Å². The highest BCUT2D eigenvalue weighted by Gasteiger charge is 2.21. The van der Waals surface area contributed by atoms with Crippen molar-refractivity contribution >= 4 is 28.6 Å². The first-order valence-corrected chi connectivity index (χ1v) is 9.23. The second-order valence-electron chi connectivity index (χ2n) is 6.92. The summed E-state index contributed by atoms with van der Waals surface area (Å²) in [6, 6.07) is 9.05. The number of anilines is 1. The predicted molar refractivity (Wildman–Crippen MR) is 107 cm³/mol. The summed E-state index contributed by atoms with van der Waals surface area (Å²) < 4.78 is 7.09. The minimum absolute atomic E-state index is 0.331. The Morgan fingerprint density at radius 3 is 2.46 bits per heavy atom. The number of hydrogen-bond acceptors (Lipinski definition) is 5. The van der Waals surface area contributed by atoms with Crippen molar-refractivity contribution in [1.82, 2.24) is 15.0 Å². The number of fused-ring (bicyclic) bond motifs is 1. The molecule has 0 saturated carbocycles. The van der Waals surface area contributed by atoms with Gasteiger partial charge in [-0.2, -0.15) is 0 Å². The van der Waals surface area contributed by atoms with Crippen LogP contribution >= 0.6 is 0 Å². The number of ether oxygens (including phenoxy) is 1. The molecule has 0 fully saturated rings. The predicted octanol–water partition coefficient (Wildman–Crippen LogP) is 3.56. The fraction of sp³-hybridized carbons (Fsp3) is 0.333. The topological polar surface area (TPSA) is 86.1 Å². The summed E-state index contributed by atoms with van der Waals surface area (Å²) in [5.74, 6) is -0.950. The number of hydrogen-bond donors (Lipinski definition) is 1. The Kier molecular flexibility index (Phi) is 5.44. The van der Waals surface area contributed by atoms with Crippen LogP contribution in [0.4, 0.5) is 5.69 Å². The van der Waals surface area contributed by atoms with E-state index in [-0.39, 0.29) is 5.91 Å². The van der Waals surface area contributed by atoms with Gasteiger partial charge in [-0.05, 0) is 63.9 Å². The lowest BCUT2D eigenvalue weighted by atomic mass is 10.0. The van der Waals surface area contributed by atoms with E-state index in [0.717, 1.165) is 27.9 Å². The molecule has 7 nitrogen and oxygen atoms in total. The molecule has 0 radical (unpaired) electrons. The number of carbonyl (C=O) groups excluding carboxylic acids is 2. The molecule has 1 N–H and O–H groups in total. The molecule has 0 saturated heterocycles. The Morgan fingerprint density at radius 1 is 1.14 bits per heavy atom. The maximum atomic E-state index is 12.5. The zero-order valence-electron chi connectivity index (χ0n) is 16.7. The van der Waals surface area contributed by atoms with Crippen molar-refractivity contribution in [3.63, 3.8) is 0 Å². The molecule has 1 amide bonds. The van der Waals surface area contributed by atoms with Crippen molar-refractivity contribution in [2.24, 2.45) is 0 Å². The van der Waals surface area contributed by atoms with Crippen molar-refractivity contribution in [2.45, 2.75) is 47.3 Å². The average Bonchev–Trinajstić information content (AvgIpc) is 3.06. The minimum Gasteiger partial charge on any atom is -0.449 e. The van der Waals surface area contributed by atoms with Crippen LogP contribution in [0.25, 0.3) is 11.0 Å². The van der Waals surface area contributed by atoms with Crippen LogP contribution in [-0.2, 0) is 16.1 Å². The molecule has 7 heteroatoms. The molecule has 1 unspecified atom stereocenters. The van der Waals surface area contributed by atoms with Crippen LogP contribution in [0.2, 0.25) is 0 Å². The minimum atomic E-state index is -0.936. The number of benzene rings is 2. The van der Waals surface area contributed by atoms with Gasteiger partial charge in [0.2, 0.25) is 0 Å². The molecule has 1 heterocycles. The van der Waals surface area contributed by atoms with Gasteiger partial charge in [0.1, 0.15) is 5.52 Å². The van der Waals surface area contributed by atoms with Gasteiger partial charge in [-0.1, -0.05) is 22.9 Å². The fourth-order valence-electron chi connectivity index (χ4n) is 3.22. The summed E-state index contributed by atoms with van der Waals surface area (Å²) in [5.41, 5.74) is 5.59. The molecule has 0 bridgehead atoms. The molecule has 0 aliphatic carbocycles. The largest absolute Gasteiger partial charge is 0.449 e. The molecule has 1 atom stereocenters. The molecule has 146 valence electrons. The average molecular weight is 380 g/mol. The zero-order valence-corrected chi connectivity index (χ0v) is 16.7. The molecule has 0 aliphatic heterocycles. The normalized spacial score (nSPS) is 12.0. The Balaban J connectivity index is 1.71. The molecular formula is C21H24N4O3. The number of aromatic nitrogens is 3. The first-order valence-electron chi connectivity index (χ1n) is 9.23. The lowest BCUT2D eigenvalue weighted by molar-refractivity contribution is -0.123. The molecule has 3 aromatic rings. The Hall–Kier alpha value is -3.22. The zero-order chi connectivity index (χ0) is 20.4. The third-order valence-corrected chi connectivity index (χ3v) is 4.63. The van der Waals surface area contributed by atoms with Gasteiger partial charge in [0.05, 0.1) is 11.1 Å². The van der Waals surface area contributed by atoms with Crippen molar-refractivity contribution in [3.8, 4) is 0 Å². The second kappa shape index (κ2) is 7.80. The van der Waals surface area contributed by atoms with Gasteiger partial charge in [0.25, 0.3) is 5.91 Å². The van der Waals surface area contributed by atoms with E-state index in [1.54, 1.807) is 29.8 Å². The van der Waals surface area contributed by atoms with E-state index >= 15 is 0 Å². The lowest BCUT2D eigenvalue weighted by Gasteiger charge is -2.17. The van der Waals surface area contributed by atoms with Gasteiger partial charge < -0.3 is 10.1 Å². The number of esters is 1. The number of aryl methyl sites for hydroxylation is 4. The summed E-state index contributed by atoms with van der Waals surface area (Å²) in [7, 11) is 0. The maximum Gasteiger partial charge on any atom is 0.338 e.